The van der Waals surface area contributed by atoms with Crippen molar-refractivity contribution in [1.82, 2.24) is 10.2 Å². The molecule has 0 saturated carbocycles. The monoisotopic (exact) mass is 298 g/mol. The van der Waals surface area contributed by atoms with Crippen LogP contribution in [0.4, 0.5) is 5.13 Å². The van der Waals surface area contributed by atoms with Gasteiger partial charge in [0, 0.05) is 0 Å². The van der Waals surface area contributed by atoms with E-state index in [0.717, 1.165) is 11.3 Å². The van der Waals surface area contributed by atoms with Gasteiger partial charge in [0.2, 0.25) is 5.13 Å². The number of nitrogens with one attached hydrogen (secondary N) is 1. The highest BCUT2D eigenvalue weighted by atomic mass is 32.2. The predicted octanol–water partition coefficient (Wildman–Crippen LogP) is 1.53. The minimum atomic E-state index is -3.63. The Kier molecular flexibility index (Phi) is 3.57. The molecule has 0 aliphatic heterocycles. The summed E-state index contributed by atoms with van der Waals surface area (Å²) in [5, 5.41) is 8.45. The molecule has 0 amide bonds. The second-order valence-electron chi connectivity index (χ2n) is 4.55. The molecule has 0 unspecified atom stereocenters. The van der Waals surface area contributed by atoms with Gasteiger partial charge < -0.3 is 5.73 Å². The first kappa shape index (κ1) is 13.9. The summed E-state index contributed by atoms with van der Waals surface area (Å²) in [7, 11) is -3.63. The average Bonchev–Trinajstić information content (AvgIpc) is 2.78. The molecule has 0 radical (unpaired) electrons. The zero-order valence-corrected chi connectivity index (χ0v) is 12.1. The van der Waals surface area contributed by atoms with Crippen LogP contribution in [0.2, 0.25) is 0 Å². The van der Waals surface area contributed by atoms with Crippen molar-refractivity contribution >= 4 is 26.5 Å². The zero-order valence-electron chi connectivity index (χ0n) is 10.5. The molecule has 0 aliphatic rings. The standard InChI is InChI=1S/C11H14N4O2S2/c1-11(2,12)9-13-14-10(18-9)15-19(16,17)8-6-4-3-5-7-8/h3-7H,12H2,1-2H3,(H,14,15). The number of nitrogens with zero attached hydrogens (tertiary/aromatic N) is 2. The summed E-state index contributed by atoms with van der Waals surface area (Å²) in [5.41, 5.74) is 5.23. The van der Waals surface area contributed by atoms with Crippen LogP contribution in [0.3, 0.4) is 0 Å². The van der Waals surface area contributed by atoms with Crippen molar-refractivity contribution in [3.05, 3.63) is 35.3 Å². The maximum absolute atomic E-state index is 12.1. The summed E-state index contributed by atoms with van der Waals surface area (Å²) < 4.78 is 26.5. The molecule has 0 bridgehead atoms. The van der Waals surface area contributed by atoms with Crippen LogP contribution in [0.1, 0.15) is 18.9 Å². The summed E-state index contributed by atoms with van der Waals surface area (Å²) in [6.07, 6.45) is 0. The number of hydrogen-bond acceptors (Lipinski definition) is 6. The Morgan fingerprint density at radius 3 is 2.37 bits per heavy atom. The summed E-state index contributed by atoms with van der Waals surface area (Å²) in [4.78, 5) is 0.179. The maximum atomic E-state index is 12.1. The molecule has 3 N–H and O–H groups in total. The number of anilines is 1. The molecule has 2 aromatic rings. The van der Waals surface area contributed by atoms with Crippen LogP contribution in [0, 0.1) is 0 Å². The van der Waals surface area contributed by atoms with Gasteiger partial charge in [-0.15, -0.1) is 10.2 Å². The Bertz CT molecular complexity index is 660. The molecule has 1 aromatic heterocycles. The SMILES string of the molecule is CC(C)(N)c1nnc(NS(=O)(=O)c2ccccc2)s1. The molecule has 6 nitrogen and oxygen atoms in total. The second kappa shape index (κ2) is 4.87. The van der Waals surface area contributed by atoms with E-state index in [0.29, 0.717) is 5.01 Å². The third-order valence-corrected chi connectivity index (χ3v) is 4.91. The third-order valence-electron chi connectivity index (χ3n) is 2.25. The minimum Gasteiger partial charge on any atom is -0.320 e. The lowest BCUT2D eigenvalue weighted by atomic mass is 10.1. The van der Waals surface area contributed by atoms with Gasteiger partial charge >= 0.3 is 0 Å². The van der Waals surface area contributed by atoms with E-state index in [4.69, 9.17) is 5.73 Å². The highest BCUT2D eigenvalue weighted by molar-refractivity contribution is 7.93. The lowest BCUT2D eigenvalue weighted by Crippen LogP contribution is -2.28. The summed E-state index contributed by atoms with van der Waals surface area (Å²) >= 11 is 1.12. The van der Waals surface area contributed by atoms with Crippen molar-refractivity contribution in [2.75, 3.05) is 4.72 Å². The lowest BCUT2D eigenvalue weighted by Gasteiger charge is -2.12. The molecule has 1 heterocycles. The maximum Gasteiger partial charge on any atom is 0.263 e. The third kappa shape index (κ3) is 3.28. The van der Waals surface area contributed by atoms with Gasteiger partial charge in [0.25, 0.3) is 10.0 Å². The van der Waals surface area contributed by atoms with Crippen LogP contribution in [0.15, 0.2) is 35.2 Å². The second-order valence-corrected chi connectivity index (χ2v) is 7.21. The Morgan fingerprint density at radius 2 is 1.84 bits per heavy atom. The van der Waals surface area contributed by atoms with Crippen molar-refractivity contribution in [1.29, 1.82) is 0 Å². The van der Waals surface area contributed by atoms with Crippen LogP contribution in [0.5, 0.6) is 0 Å². The predicted molar refractivity (Wildman–Crippen MR) is 74.4 cm³/mol. The fourth-order valence-electron chi connectivity index (χ4n) is 1.30. The van der Waals surface area contributed by atoms with Gasteiger partial charge in [-0.2, -0.15) is 0 Å². The van der Waals surface area contributed by atoms with E-state index in [2.05, 4.69) is 14.9 Å². The number of nitrogens with two attached hydrogens (primary N) is 1. The van der Waals surface area contributed by atoms with Gasteiger partial charge in [0.1, 0.15) is 5.01 Å². The largest absolute Gasteiger partial charge is 0.320 e. The van der Waals surface area contributed by atoms with Crippen LogP contribution in [-0.4, -0.2) is 18.6 Å². The van der Waals surface area contributed by atoms with E-state index in [1.54, 1.807) is 32.0 Å². The summed E-state index contributed by atoms with van der Waals surface area (Å²) in [5.74, 6) is 0. The topological polar surface area (TPSA) is 98.0 Å². The smallest absolute Gasteiger partial charge is 0.263 e. The Labute approximate surface area is 115 Å². The van der Waals surface area contributed by atoms with Crippen LogP contribution >= 0.6 is 11.3 Å². The highest BCUT2D eigenvalue weighted by Gasteiger charge is 2.22. The highest BCUT2D eigenvalue weighted by Crippen LogP contribution is 2.25. The molecule has 0 spiro atoms. The Morgan fingerprint density at radius 1 is 1.21 bits per heavy atom. The first-order valence-electron chi connectivity index (χ1n) is 5.50. The summed E-state index contributed by atoms with van der Waals surface area (Å²) in [6, 6.07) is 8.08. The van der Waals surface area contributed by atoms with E-state index in [1.807, 2.05) is 0 Å². The molecular weight excluding hydrogens is 284 g/mol. The number of sulfonamides is 1. The van der Waals surface area contributed by atoms with Gasteiger partial charge in [0.05, 0.1) is 10.4 Å². The van der Waals surface area contributed by atoms with Crippen LogP contribution < -0.4 is 10.5 Å². The van der Waals surface area contributed by atoms with Gasteiger partial charge in [-0.05, 0) is 26.0 Å². The van der Waals surface area contributed by atoms with E-state index in [1.165, 1.54) is 12.1 Å². The molecule has 2 rings (SSSR count). The average molecular weight is 298 g/mol. The first-order valence-corrected chi connectivity index (χ1v) is 7.80. The number of hydrogen-bond donors (Lipinski definition) is 2. The fraction of sp³-hybridized carbons (Fsp3) is 0.273. The minimum absolute atomic E-state index is 0.179. The molecule has 0 aliphatic carbocycles. The van der Waals surface area contributed by atoms with Gasteiger partial charge in [0.15, 0.2) is 0 Å². The molecule has 1 aromatic carbocycles. The molecule has 0 atom stereocenters. The Hall–Kier alpha value is -1.51. The lowest BCUT2D eigenvalue weighted by molar-refractivity contribution is 0.544. The Balaban J connectivity index is 2.25. The first-order chi connectivity index (χ1) is 8.79. The van der Waals surface area contributed by atoms with Crippen molar-refractivity contribution < 1.29 is 8.42 Å². The number of benzene rings is 1. The molecular formula is C11H14N4O2S2. The fourth-order valence-corrected chi connectivity index (χ4v) is 3.31. The van der Waals surface area contributed by atoms with E-state index in [-0.39, 0.29) is 10.0 Å². The number of aromatic nitrogens is 2. The molecule has 0 fully saturated rings. The number of rotatable bonds is 4. The van der Waals surface area contributed by atoms with Gasteiger partial charge in [-0.25, -0.2) is 8.42 Å². The molecule has 0 saturated heterocycles. The van der Waals surface area contributed by atoms with Gasteiger partial charge in [-0.1, -0.05) is 29.5 Å². The van der Waals surface area contributed by atoms with Crippen LogP contribution in [-0.2, 0) is 15.6 Å². The zero-order chi connectivity index (χ0) is 14.1. The van der Waals surface area contributed by atoms with Crippen LogP contribution in [0.25, 0.3) is 0 Å². The molecule has 19 heavy (non-hydrogen) atoms. The van der Waals surface area contributed by atoms with E-state index < -0.39 is 15.6 Å². The van der Waals surface area contributed by atoms with Crippen molar-refractivity contribution in [3.8, 4) is 0 Å². The summed E-state index contributed by atoms with van der Waals surface area (Å²) in [6.45, 7) is 3.56. The van der Waals surface area contributed by atoms with E-state index >= 15 is 0 Å². The molecule has 8 heteroatoms. The van der Waals surface area contributed by atoms with Gasteiger partial charge in [-0.3, -0.25) is 4.72 Å². The van der Waals surface area contributed by atoms with Crippen molar-refractivity contribution in [2.24, 2.45) is 5.73 Å². The molecule has 102 valence electrons. The van der Waals surface area contributed by atoms with Crippen molar-refractivity contribution in [2.45, 2.75) is 24.3 Å². The van der Waals surface area contributed by atoms with E-state index in [9.17, 15) is 8.42 Å². The van der Waals surface area contributed by atoms with Crippen molar-refractivity contribution in [3.63, 3.8) is 0 Å². The quantitative estimate of drug-likeness (QED) is 0.892. The normalized spacial score (nSPS) is 12.4.